The van der Waals surface area contributed by atoms with Crippen molar-refractivity contribution in [1.82, 2.24) is 0 Å². The number of para-hydroxylation sites is 1. The maximum Gasteiger partial charge on any atom is 0.150 e. The molecule has 0 aliphatic rings. The second-order valence-corrected chi connectivity index (χ2v) is 3.85. The van der Waals surface area contributed by atoms with E-state index in [2.05, 4.69) is 0 Å². The highest BCUT2D eigenvalue weighted by Crippen LogP contribution is 2.15. The minimum absolute atomic E-state index is 0.249. The van der Waals surface area contributed by atoms with Crippen LogP contribution in [-0.4, -0.2) is 19.5 Å². The normalized spacial score (nSPS) is 9.95. The van der Waals surface area contributed by atoms with Crippen molar-refractivity contribution in [2.75, 3.05) is 13.2 Å². The standard InChI is InChI=1S/C15H13FO3/c16-13-8-12(11-17)9-15(10-13)19-7-6-18-14-4-2-1-3-5-14/h1-5,8-11H,6-7H2. The van der Waals surface area contributed by atoms with E-state index in [0.717, 1.165) is 11.8 Å². The molecule has 0 spiro atoms. The minimum Gasteiger partial charge on any atom is -0.490 e. The summed E-state index contributed by atoms with van der Waals surface area (Å²) in [5.74, 6) is 0.571. The van der Waals surface area contributed by atoms with Gasteiger partial charge in [0, 0.05) is 11.6 Å². The van der Waals surface area contributed by atoms with Gasteiger partial charge in [-0.15, -0.1) is 0 Å². The quantitative estimate of drug-likeness (QED) is 0.591. The average Bonchev–Trinajstić information content (AvgIpc) is 2.44. The Hall–Kier alpha value is -2.36. The van der Waals surface area contributed by atoms with Crippen molar-refractivity contribution >= 4 is 6.29 Å². The summed E-state index contributed by atoms with van der Waals surface area (Å²) < 4.78 is 23.9. The number of hydrogen-bond acceptors (Lipinski definition) is 3. The molecule has 2 aromatic rings. The van der Waals surface area contributed by atoms with Gasteiger partial charge in [-0.2, -0.15) is 0 Å². The van der Waals surface area contributed by atoms with Crippen LogP contribution in [0.1, 0.15) is 10.4 Å². The van der Waals surface area contributed by atoms with E-state index in [-0.39, 0.29) is 12.2 Å². The smallest absolute Gasteiger partial charge is 0.150 e. The zero-order chi connectivity index (χ0) is 13.5. The second-order valence-electron chi connectivity index (χ2n) is 3.85. The molecule has 2 rings (SSSR count). The molecule has 0 aliphatic heterocycles. The molecular weight excluding hydrogens is 247 g/mol. The molecule has 0 saturated heterocycles. The Bertz CT molecular complexity index is 540. The van der Waals surface area contributed by atoms with E-state index < -0.39 is 5.82 Å². The molecule has 0 aromatic heterocycles. The number of carbonyl (C=O) groups excluding carboxylic acids is 1. The third kappa shape index (κ3) is 4.10. The minimum atomic E-state index is -0.497. The molecule has 0 aliphatic carbocycles. The van der Waals surface area contributed by atoms with E-state index in [1.165, 1.54) is 12.1 Å². The molecule has 98 valence electrons. The van der Waals surface area contributed by atoms with Gasteiger partial charge in [0.2, 0.25) is 0 Å². The molecule has 2 aromatic carbocycles. The summed E-state index contributed by atoms with van der Waals surface area (Å²) in [4.78, 5) is 10.6. The number of hydrogen-bond donors (Lipinski definition) is 0. The van der Waals surface area contributed by atoms with Crippen LogP contribution < -0.4 is 9.47 Å². The Morgan fingerprint density at radius 2 is 1.63 bits per heavy atom. The number of ether oxygens (including phenoxy) is 2. The number of benzene rings is 2. The molecule has 4 heteroatoms. The lowest BCUT2D eigenvalue weighted by atomic mass is 10.2. The van der Waals surface area contributed by atoms with Crippen LogP contribution in [0.5, 0.6) is 11.5 Å². The topological polar surface area (TPSA) is 35.5 Å². The van der Waals surface area contributed by atoms with E-state index in [1.54, 1.807) is 0 Å². The predicted molar refractivity (Wildman–Crippen MR) is 69.2 cm³/mol. The van der Waals surface area contributed by atoms with Crippen LogP contribution >= 0.6 is 0 Å². The van der Waals surface area contributed by atoms with Gasteiger partial charge in [-0.1, -0.05) is 18.2 Å². The summed E-state index contributed by atoms with van der Waals surface area (Å²) in [6.07, 6.45) is 0.580. The van der Waals surface area contributed by atoms with E-state index in [1.807, 2.05) is 30.3 Å². The van der Waals surface area contributed by atoms with Crippen molar-refractivity contribution < 1.29 is 18.7 Å². The molecule has 0 radical (unpaired) electrons. The van der Waals surface area contributed by atoms with Crippen molar-refractivity contribution in [1.29, 1.82) is 0 Å². The number of halogens is 1. The third-order valence-corrected chi connectivity index (χ3v) is 2.39. The first-order valence-electron chi connectivity index (χ1n) is 5.84. The summed E-state index contributed by atoms with van der Waals surface area (Å²) in [5, 5.41) is 0. The zero-order valence-corrected chi connectivity index (χ0v) is 10.2. The van der Waals surface area contributed by atoms with Crippen molar-refractivity contribution in [3.63, 3.8) is 0 Å². The maximum atomic E-state index is 13.1. The van der Waals surface area contributed by atoms with Gasteiger partial charge in [0.25, 0.3) is 0 Å². The first-order valence-corrected chi connectivity index (χ1v) is 5.84. The van der Waals surface area contributed by atoms with Gasteiger partial charge in [0.05, 0.1) is 0 Å². The molecular formula is C15H13FO3. The van der Waals surface area contributed by atoms with Gasteiger partial charge in [-0.05, 0) is 24.3 Å². The van der Waals surface area contributed by atoms with Crippen molar-refractivity contribution in [3.8, 4) is 11.5 Å². The lowest BCUT2D eigenvalue weighted by Crippen LogP contribution is -2.09. The second kappa shape index (κ2) is 6.54. The Morgan fingerprint density at radius 3 is 2.32 bits per heavy atom. The van der Waals surface area contributed by atoms with Gasteiger partial charge >= 0.3 is 0 Å². The van der Waals surface area contributed by atoms with Crippen LogP contribution in [0.2, 0.25) is 0 Å². The van der Waals surface area contributed by atoms with Gasteiger partial charge in [-0.3, -0.25) is 4.79 Å². The fourth-order valence-corrected chi connectivity index (χ4v) is 1.57. The molecule has 0 heterocycles. The van der Waals surface area contributed by atoms with Crippen LogP contribution in [0, 0.1) is 5.82 Å². The third-order valence-electron chi connectivity index (χ3n) is 2.39. The summed E-state index contributed by atoms with van der Waals surface area (Å²) in [5.41, 5.74) is 0.249. The maximum absolute atomic E-state index is 13.1. The zero-order valence-electron chi connectivity index (χ0n) is 10.2. The van der Waals surface area contributed by atoms with Crippen LogP contribution in [0.4, 0.5) is 4.39 Å². The molecule has 0 amide bonds. The Kier molecular flexibility index (Phi) is 4.50. The molecule has 19 heavy (non-hydrogen) atoms. The number of aldehydes is 1. The lowest BCUT2D eigenvalue weighted by molar-refractivity contribution is 0.112. The van der Waals surface area contributed by atoms with Gasteiger partial charge in [-0.25, -0.2) is 4.39 Å². The Morgan fingerprint density at radius 1 is 0.947 bits per heavy atom. The van der Waals surface area contributed by atoms with Gasteiger partial charge in [0.1, 0.15) is 36.8 Å². The summed E-state index contributed by atoms with van der Waals surface area (Å²) in [7, 11) is 0. The fraction of sp³-hybridized carbons (Fsp3) is 0.133. The molecule has 0 saturated carbocycles. The van der Waals surface area contributed by atoms with E-state index in [4.69, 9.17) is 9.47 Å². The van der Waals surface area contributed by atoms with E-state index in [9.17, 15) is 9.18 Å². The lowest BCUT2D eigenvalue weighted by Gasteiger charge is -2.08. The van der Waals surface area contributed by atoms with Crippen molar-refractivity contribution in [3.05, 3.63) is 59.9 Å². The monoisotopic (exact) mass is 260 g/mol. The first kappa shape index (κ1) is 13.1. The Labute approximate surface area is 110 Å². The highest BCUT2D eigenvalue weighted by molar-refractivity contribution is 5.75. The number of rotatable bonds is 6. The molecule has 0 bridgehead atoms. The van der Waals surface area contributed by atoms with Crippen LogP contribution in [0.15, 0.2) is 48.5 Å². The largest absolute Gasteiger partial charge is 0.490 e. The van der Waals surface area contributed by atoms with Gasteiger partial charge in [0.15, 0.2) is 0 Å². The molecule has 0 fully saturated rings. The average molecular weight is 260 g/mol. The van der Waals surface area contributed by atoms with Gasteiger partial charge < -0.3 is 9.47 Å². The van der Waals surface area contributed by atoms with E-state index >= 15 is 0 Å². The summed E-state index contributed by atoms with van der Waals surface area (Å²) in [6.45, 7) is 0.619. The van der Waals surface area contributed by atoms with Crippen molar-refractivity contribution in [2.45, 2.75) is 0 Å². The summed E-state index contributed by atoms with van der Waals surface area (Å²) in [6, 6.07) is 13.2. The predicted octanol–water partition coefficient (Wildman–Crippen LogP) is 3.10. The fourth-order valence-electron chi connectivity index (χ4n) is 1.57. The highest BCUT2D eigenvalue weighted by atomic mass is 19.1. The molecule has 0 atom stereocenters. The Balaban J connectivity index is 1.82. The molecule has 0 N–H and O–H groups in total. The first-order chi connectivity index (χ1) is 9.28. The number of carbonyl (C=O) groups is 1. The highest BCUT2D eigenvalue weighted by Gasteiger charge is 2.01. The van der Waals surface area contributed by atoms with Crippen LogP contribution in [-0.2, 0) is 0 Å². The summed E-state index contributed by atoms with van der Waals surface area (Å²) >= 11 is 0. The van der Waals surface area contributed by atoms with Crippen LogP contribution in [0.25, 0.3) is 0 Å². The van der Waals surface area contributed by atoms with Crippen molar-refractivity contribution in [2.24, 2.45) is 0 Å². The van der Waals surface area contributed by atoms with E-state index in [0.29, 0.717) is 18.6 Å². The molecule has 3 nitrogen and oxygen atoms in total. The van der Waals surface area contributed by atoms with Crippen LogP contribution in [0.3, 0.4) is 0 Å². The SMILES string of the molecule is O=Cc1cc(F)cc(OCCOc2ccccc2)c1. The molecule has 0 unspecified atom stereocenters.